The van der Waals surface area contributed by atoms with Crippen LogP contribution in [0.2, 0.25) is 0 Å². The lowest BCUT2D eigenvalue weighted by atomic mass is 10.1. The van der Waals surface area contributed by atoms with Crippen molar-refractivity contribution in [1.82, 2.24) is 15.1 Å². The van der Waals surface area contributed by atoms with Crippen LogP contribution in [0.25, 0.3) is 5.69 Å². The smallest absolute Gasteiger partial charge is 0.125 e. The van der Waals surface area contributed by atoms with Gasteiger partial charge in [-0.25, -0.2) is 9.07 Å². The molecule has 0 saturated carbocycles. The molecule has 0 unspecified atom stereocenters. The van der Waals surface area contributed by atoms with E-state index in [1.54, 1.807) is 4.68 Å². The van der Waals surface area contributed by atoms with Crippen LogP contribution in [0.3, 0.4) is 0 Å². The number of nitrogens with zero attached hydrogens (tertiary/aromatic N) is 2. The van der Waals surface area contributed by atoms with E-state index in [-0.39, 0.29) is 11.4 Å². The van der Waals surface area contributed by atoms with Gasteiger partial charge in [-0.3, -0.25) is 0 Å². The van der Waals surface area contributed by atoms with Gasteiger partial charge < -0.3 is 5.32 Å². The van der Waals surface area contributed by atoms with Crippen molar-refractivity contribution in [2.24, 2.45) is 0 Å². The number of aromatic nitrogens is 2. The Balaban J connectivity index is 2.16. The number of hydrogen-bond donors (Lipinski definition) is 1. The van der Waals surface area contributed by atoms with E-state index >= 15 is 0 Å². The van der Waals surface area contributed by atoms with E-state index in [1.165, 1.54) is 12.1 Å². The highest BCUT2D eigenvalue weighted by Crippen LogP contribution is 2.13. The number of nitrogens with one attached hydrogen (secondary N) is 1. The minimum atomic E-state index is -0.236. The first-order valence-corrected chi connectivity index (χ1v) is 6.41. The van der Waals surface area contributed by atoms with Gasteiger partial charge in [0.05, 0.1) is 11.4 Å². The molecule has 2 aromatic rings. The highest BCUT2D eigenvalue weighted by molar-refractivity contribution is 5.35. The standard InChI is InChI=1S/C15H20FN3/c1-11-7-12(16)9-14(8-11)19-6-5-13(18-19)10-17-15(2,3)4/h5-9,17H,10H2,1-4H3. The summed E-state index contributed by atoms with van der Waals surface area (Å²) in [6.45, 7) is 8.91. The van der Waals surface area contributed by atoms with Gasteiger partial charge in [-0.2, -0.15) is 5.10 Å². The summed E-state index contributed by atoms with van der Waals surface area (Å²) in [4.78, 5) is 0. The van der Waals surface area contributed by atoms with Crippen molar-refractivity contribution in [1.29, 1.82) is 0 Å². The molecule has 0 spiro atoms. The molecule has 3 nitrogen and oxygen atoms in total. The second-order valence-corrected chi connectivity index (χ2v) is 5.84. The van der Waals surface area contributed by atoms with Crippen molar-refractivity contribution in [2.45, 2.75) is 39.8 Å². The summed E-state index contributed by atoms with van der Waals surface area (Å²) in [5.41, 5.74) is 2.63. The normalized spacial score (nSPS) is 11.8. The monoisotopic (exact) mass is 261 g/mol. The van der Waals surface area contributed by atoms with Gasteiger partial charge in [-0.15, -0.1) is 0 Å². The van der Waals surface area contributed by atoms with E-state index in [0.717, 1.165) is 16.9 Å². The summed E-state index contributed by atoms with van der Waals surface area (Å²) in [5.74, 6) is -0.236. The topological polar surface area (TPSA) is 29.9 Å². The van der Waals surface area contributed by atoms with Crippen molar-refractivity contribution in [2.75, 3.05) is 0 Å². The number of rotatable bonds is 3. The Morgan fingerprint density at radius 3 is 2.63 bits per heavy atom. The summed E-state index contributed by atoms with van der Waals surface area (Å²) in [5, 5.41) is 7.83. The largest absolute Gasteiger partial charge is 0.306 e. The molecule has 0 fully saturated rings. The first-order chi connectivity index (χ1) is 8.83. The van der Waals surface area contributed by atoms with Crippen LogP contribution in [0.15, 0.2) is 30.5 Å². The lowest BCUT2D eigenvalue weighted by molar-refractivity contribution is 0.420. The van der Waals surface area contributed by atoms with Crippen LogP contribution in [0.4, 0.5) is 4.39 Å². The predicted molar refractivity (Wildman–Crippen MR) is 74.9 cm³/mol. The highest BCUT2D eigenvalue weighted by atomic mass is 19.1. The number of aryl methyl sites for hydroxylation is 1. The van der Waals surface area contributed by atoms with E-state index in [2.05, 4.69) is 31.2 Å². The van der Waals surface area contributed by atoms with Gasteiger partial charge in [0.1, 0.15) is 5.82 Å². The van der Waals surface area contributed by atoms with Gasteiger partial charge in [-0.05, 0) is 57.5 Å². The summed E-state index contributed by atoms with van der Waals surface area (Å²) >= 11 is 0. The Bertz CT molecular complexity index is 547. The highest BCUT2D eigenvalue weighted by Gasteiger charge is 2.10. The molecule has 1 N–H and O–H groups in total. The van der Waals surface area contributed by atoms with Crippen LogP contribution in [0, 0.1) is 12.7 Å². The van der Waals surface area contributed by atoms with Gasteiger partial charge >= 0.3 is 0 Å². The van der Waals surface area contributed by atoms with Gasteiger partial charge in [0, 0.05) is 18.3 Å². The molecule has 0 aliphatic rings. The molecule has 1 heterocycles. The number of benzene rings is 1. The molecule has 0 aliphatic carbocycles. The van der Waals surface area contributed by atoms with Crippen LogP contribution in [-0.4, -0.2) is 15.3 Å². The molecule has 2 rings (SSSR count). The van der Waals surface area contributed by atoms with Crippen molar-refractivity contribution in [3.8, 4) is 5.69 Å². The maximum absolute atomic E-state index is 13.4. The average Bonchev–Trinajstić information content (AvgIpc) is 2.72. The van der Waals surface area contributed by atoms with E-state index in [9.17, 15) is 4.39 Å². The molecule has 102 valence electrons. The molecule has 0 saturated heterocycles. The average molecular weight is 261 g/mol. The van der Waals surface area contributed by atoms with Crippen LogP contribution in [0.5, 0.6) is 0 Å². The zero-order valence-corrected chi connectivity index (χ0v) is 11.9. The third-order valence-corrected chi connectivity index (χ3v) is 2.74. The zero-order chi connectivity index (χ0) is 14.0. The molecule has 0 radical (unpaired) electrons. The summed E-state index contributed by atoms with van der Waals surface area (Å²) < 4.78 is 15.1. The molecule has 0 aliphatic heterocycles. The van der Waals surface area contributed by atoms with Gasteiger partial charge in [0.15, 0.2) is 0 Å². The van der Waals surface area contributed by atoms with Crippen molar-refractivity contribution >= 4 is 0 Å². The quantitative estimate of drug-likeness (QED) is 0.919. The van der Waals surface area contributed by atoms with Crippen LogP contribution in [0.1, 0.15) is 32.0 Å². The molecule has 0 bridgehead atoms. The Kier molecular flexibility index (Phi) is 3.71. The fourth-order valence-corrected chi connectivity index (χ4v) is 1.80. The van der Waals surface area contributed by atoms with E-state index in [1.807, 2.05) is 25.3 Å². The van der Waals surface area contributed by atoms with Gasteiger partial charge in [0.2, 0.25) is 0 Å². The third-order valence-electron chi connectivity index (χ3n) is 2.74. The molecule has 19 heavy (non-hydrogen) atoms. The van der Waals surface area contributed by atoms with Gasteiger partial charge in [0.25, 0.3) is 0 Å². The Hall–Kier alpha value is -1.68. The molecule has 1 aromatic carbocycles. The van der Waals surface area contributed by atoms with Crippen LogP contribution >= 0.6 is 0 Å². The minimum absolute atomic E-state index is 0.0548. The van der Waals surface area contributed by atoms with Crippen molar-refractivity contribution in [3.63, 3.8) is 0 Å². The maximum Gasteiger partial charge on any atom is 0.125 e. The van der Waals surface area contributed by atoms with Crippen molar-refractivity contribution in [3.05, 3.63) is 47.5 Å². The Morgan fingerprint density at radius 1 is 1.26 bits per heavy atom. The fraction of sp³-hybridized carbons (Fsp3) is 0.400. The number of hydrogen-bond acceptors (Lipinski definition) is 2. The van der Waals surface area contributed by atoms with Crippen LogP contribution in [-0.2, 0) is 6.54 Å². The molecular weight excluding hydrogens is 241 g/mol. The maximum atomic E-state index is 13.4. The lowest BCUT2D eigenvalue weighted by Crippen LogP contribution is -2.35. The second-order valence-electron chi connectivity index (χ2n) is 5.84. The third kappa shape index (κ3) is 3.89. The van der Waals surface area contributed by atoms with E-state index in [4.69, 9.17) is 0 Å². The first-order valence-electron chi connectivity index (χ1n) is 6.41. The summed E-state index contributed by atoms with van der Waals surface area (Å²) in [6.07, 6.45) is 1.86. The molecular formula is C15H20FN3. The summed E-state index contributed by atoms with van der Waals surface area (Å²) in [7, 11) is 0. The molecule has 0 atom stereocenters. The van der Waals surface area contributed by atoms with Crippen LogP contribution < -0.4 is 5.32 Å². The second kappa shape index (κ2) is 5.13. The summed E-state index contributed by atoms with van der Waals surface area (Å²) in [6, 6.07) is 6.85. The molecule has 0 amide bonds. The predicted octanol–water partition coefficient (Wildman–Crippen LogP) is 3.21. The van der Waals surface area contributed by atoms with E-state index in [0.29, 0.717) is 6.54 Å². The van der Waals surface area contributed by atoms with E-state index < -0.39 is 0 Å². The van der Waals surface area contributed by atoms with Crippen molar-refractivity contribution < 1.29 is 4.39 Å². The molecule has 4 heteroatoms. The minimum Gasteiger partial charge on any atom is -0.306 e. The SMILES string of the molecule is Cc1cc(F)cc(-n2ccc(CNC(C)(C)C)n2)c1. The first kappa shape index (κ1) is 13.7. The number of halogens is 1. The van der Waals surface area contributed by atoms with Gasteiger partial charge in [-0.1, -0.05) is 0 Å². The lowest BCUT2D eigenvalue weighted by Gasteiger charge is -2.19. The Morgan fingerprint density at radius 2 is 2.00 bits per heavy atom. The molecule has 1 aromatic heterocycles. The fourth-order valence-electron chi connectivity index (χ4n) is 1.80. The Labute approximate surface area is 113 Å². The zero-order valence-electron chi connectivity index (χ0n) is 11.9.